The summed E-state index contributed by atoms with van der Waals surface area (Å²) in [4.78, 5) is 26.2. The van der Waals surface area contributed by atoms with Crippen molar-refractivity contribution in [3.05, 3.63) is 24.0 Å². The largest absolute Gasteiger partial charge is 0.481 e. The summed E-state index contributed by atoms with van der Waals surface area (Å²) in [6.07, 6.45) is 0. The van der Waals surface area contributed by atoms with Gasteiger partial charge in [0.05, 0.1) is 23.9 Å². The maximum atomic E-state index is 13.2. The van der Waals surface area contributed by atoms with Crippen LogP contribution in [0.25, 0.3) is 11.0 Å². The van der Waals surface area contributed by atoms with Crippen molar-refractivity contribution in [1.29, 1.82) is 0 Å². The molecule has 0 unspecified atom stereocenters. The first kappa shape index (κ1) is 14.3. The van der Waals surface area contributed by atoms with Crippen molar-refractivity contribution < 1.29 is 23.8 Å². The number of halogens is 1. The van der Waals surface area contributed by atoms with Crippen LogP contribution in [0, 0.1) is 5.82 Å². The van der Waals surface area contributed by atoms with Crippen molar-refractivity contribution in [2.45, 2.75) is 11.7 Å². The second-order valence-corrected chi connectivity index (χ2v) is 4.81. The molecule has 20 heavy (non-hydrogen) atoms. The van der Waals surface area contributed by atoms with Gasteiger partial charge >= 0.3 is 11.9 Å². The number of aliphatic carboxylic acids is 1. The van der Waals surface area contributed by atoms with E-state index in [4.69, 9.17) is 5.11 Å². The molecule has 0 aliphatic carbocycles. The molecular formula is C12H11FN2O4S. The molecule has 1 aromatic carbocycles. The fourth-order valence-electron chi connectivity index (χ4n) is 1.66. The second kappa shape index (κ2) is 5.91. The molecule has 2 aromatic rings. The molecule has 0 saturated carbocycles. The first-order valence-electron chi connectivity index (χ1n) is 5.58. The lowest BCUT2D eigenvalue weighted by Crippen LogP contribution is -2.13. The molecular weight excluding hydrogens is 287 g/mol. The van der Waals surface area contributed by atoms with Crippen molar-refractivity contribution >= 4 is 34.7 Å². The van der Waals surface area contributed by atoms with Crippen LogP contribution in [0.1, 0.15) is 0 Å². The van der Waals surface area contributed by atoms with Crippen molar-refractivity contribution in [3.8, 4) is 0 Å². The van der Waals surface area contributed by atoms with Gasteiger partial charge in [-0.05, 0) is 12.1 Å². The van der Waals surface area contributed by atoms with Crippen LogP contribution in [-0.2, 0) is 20.9 Å². The maximum Gasteiger partial charge on any atom is 0.325 e. The first-order valence-corrected chi connectivity index (χ1v) is 6.57. The molecule has 0 spiro atoms. The monoisotopic (exact) mass is 298 g/mol. The van der Waals surface area contributed by atoms with Crippen molar-refractivity contribution in [2.24, 2.45) is 0 Å². The Morgan fingerprint density at radius 2 is 2.25 bits per heavy atom. The van der Waals surface area contributed by atoms with E-state index in [1.54, 1.807) is 0 Å². The summed E-state index contributed by atoms with van der Waals surface area (Å²) in [5.74, 6) is -2.15. The topological polar surface area (TPSA) is 81.4 Å². The maximum absolute atomic E-state index is 13.2. The van der Waals surface area contributed by atoms with Crippen LogP contribution in [0.5, 0.6) is 0 Å². The molecule has 0 atom stereocenters. The summed E-state index contributed by atoms with van der Waals surface area (Å²) in [7, 11) is 1.26. The van der Waals surface area contributed by atoms with Gasteiger partial charge in [-0.25, -0.2) is 9.37 Å². The van der Waals surface area contributed by atoms with Gasteiger partial charge in [0, 0.05) is 6.07 Å². The van der Waals surface area contributed by atoms with Crippen LogP contribution in [0.4, 0.5) is 4.39 Å². The van der Waals surface area contributed by atoms with Crippen molar-refractivity contribution in [1.82, 2.24) is 9.55 Å². The minimum atomic E-state index is -1.00. The van der Waals surface area contributed by atoms with E-state index in [1.165, 1.54) is 29.9 Å². The van der Waals surface area contributed by atoms with Crippen LogP contribution in [0.15, 0.2) is 23.4 Å². The predicted molar refractivity (Wildman–Crippen MR) is 70.1 cm³/mol. The summed E-state index contributed by atoms with van der Waals surface area (Å²) in [5, 5.41) is 9.04. The summed E-state index contributed by atoms with van der Waals surface area (Å²) in [5.41, 5.74) is 0.909. The fourth-order valence-corrected chi connectivity index (χ4v) is 2.40. The number of rotatable bonds is 5. The number of carboxylic acid groups (broad SMARTS) is 1. The number of thioether (sulfide) groups is 1. The quantitative estimate of drug-likeness (QED) is 0.666. The lowest BCUT2D eigenvalue weighted by Gasteiger charge is -2.06. The molecule has 0 aliphatic rings. The Hall–Kier alpha value is -2.09. The molecule has 2 rings (SSSR count). The normalized spacial score (nSPS) is 10.7. The zero-order valence-corrected chi connectivity index (χ0v) is 11.3. The van der Waals surface area contributed by atoms with E-state index >= 15 is 0 Å². The summed E-state index contributed by atoms with van der Waals surface area (Å²) < 4.78 is 19.3. The van der Waals surface area contributed by atoms with E-state index in [0.717, 1.165) is 11.8 Å². The molecule has 0 bridgehead atoms. The Bertz CT molecular complexity index is 671. The molecule has 0 radical (unpaired) electrons. The number of aromatic nitrogens is 2. The Morgan fingerprint density at radius 1 is 1.50 bits per heavy atom. The van der Waals surface area contributed by atoms with Gasteiger partial charge in [-0.2, -0.15) is 0 Å². The molecule has 0 saturated heterocycles. The highest BCUT2D eigenvalue weighted by Gasteiger charge is 2.16. The molecule has 0 aliphatic heterocycles. The number of hydrogen-bond acceptors (Lipinski definition) is 5. The first-order chi connectivity index (χ1) is 9.51. The number of imidazole rings is 1. The highest BCUT2D eigenvalue weighted by Crippen LogP contribution is 2.24. The summed E-state index contributed by atoms with van der Waals surface area (Å²) in [6, 6.07) is 3.98. The Morgan fingerprint density at radius 3 is 2.90 bits per heavy atom. The number of carbonyl (C=O) groups excluding carboxylic acids is 1. The Balaban J connectivity index is 2.44. The standard InChI is InChI=1S/C12H11FN2O4S/c1-19-11(18)5-15-9-3-2-7(13)4-8(9)14-12(15)20-6-10(16)17/h2-4H,5-6H2,1H3,(H,16,17). The third kappa shape index (κ3) is 3.08. The van der Waals surface area contributed by atoms with Crippen LogP contribution >= 0.6 is 11.8 Å². The zero-order valence-electron chi connectivity index (χ0n) is 10.5. The van der Waals surface area contributed by atoms with E-state index in [9.17, 15) is 14.0 Å². The number of nitrogens with zero attached hydrogens (tertiary/aromatic N) is 2. The number of ether oxygens (including phenoxy) is 1. The van der Waals surface area contributed by atoms with Gasteiger partial charge in [0.15, 0.2) is 5.16 Å². The van der Waals surface area contributed by atoms with Gasteiger partial charge in [-0.15, -0.1) is 0 Å². The number of benzene rings is 1. The SMILES string of the molecule is COC(=O)Cn1c(SCC(=O)O)nc2cc(F)ccc21. The predicted octanol–water partition coefficient (Wildman–Crippen LogP) is 1.53. The van der Waals surface area contributed by atoms with Crippen LogP contribution in [-0.4, -0.2) is 39.5 Å². The third-order valence-electron chi connectivity index (χ3n) is 2.51. The molecule has 0 amide bonds. The molecule has 0 fully saturated rings. The van der Waals surface area contributed by atoms with E-state index < -0.39 is 17.8 Å². The van der Waals surface area contributed by atoms with Gasteiger partial charge in [0.2, 0.25) is 0 Å². The van der Waals surface area contributed by atoms with Crippen molar-refractivity contribution in [3.63, 3.8) is 0 Å². The van der Waals surface area contributed by atoms with Gasteiger partial charge in [0.25, 0.3) is 0 Å². The van der Waals surface area contributed by atoms with Crippen LogP contribution in [0.3, 0.4) is 0 Å². The van der Waals surface area contributed by atoms with Crippen LogP contribution < -0.4 is 0 Å². The zero-order chi connectivity index (χ0) is 14.7. The van der Waals surface area contributed by atoms with E-state index in [2.05, 4.69) is 9.72 Å². The Labute approximate surface area is 117 Å². The second-order valence-electron chi connectivity index (χ2n) is 3.87. The van der Waals surface area contributed by atoms with Gasteiger partial charge in [-0.3, -0.25) is 9.59 Å². The average molecular weight is 298 g/mol. The summed E-state index contributed by atoms with van der Waals surface area (Å²) >= 11 is 0.961. The summed E-state index contributed by atoms with van der Waals surface area (Å²) in [6.45, 7) is -0.111. The smallest absolute Gasteiger partial charge is 0.325 e. The number of esters is 1. The minimum Gasteiger partial charge on any atom is -0.481 e. The Kier molecular flexibility index (Phi) is 4.23. The number of carbonyl (C=O) groups is 2. The number of methoxy groups -OCH3 is 1. The molecule has 1 N–H and O–H groups in total. The van der Waals surface area contributed by atoms with Gasteiger partial charge in [0.1, 0.15) is 12.4 Å². The molecule has 8 heteroatoms. The molecule has 1 aromatic heterocycles. The van der Waals surface area contributed by atoms with Crippen molar-refractivity contribution in [2.75, 3.05) is 12.9 Å². The van der Waals surface area contributed by atoms with Gasteiger partial charge in [-0.1, -0.05) is 11.8 Å². The highest BCUT2D eigenvalue weighted by molar-refractivity contribution is 7.99. The highest BCUT2D eigenvalue weighted by atomic mass is 32.2. The third-order valence-corrected chi connectivity index (χ3v) is 3.48. The van der Waals surface area contributed by atoms with Gasteiger partial charge < -0.3 is 14.4 Å². The molecule has 1 heterocycles. The van der Waals surface area contributed by atoms with E-state index in [-0.39, 0.29) is 12.3 Å². The van der Waals surface area contributed by atoms with E-state index in [1.807, 2.05) is 0 Å². The van der Waals surface area contributed by atoms with E-state index in [0.29, 0.717) is 16.2 Å². The number of hydrogen-bond donors (Lipinski definition) is 1. The number of carboxylic acids is 1. The lowest BCUT2D eigenvalue weighted by atomic mass is 10.3. The number of fused-ring (bicyclic) bond motifs is 1. The molecule has 106 valence electrons. The average Bonchev–Trinajstić information content (AvgIpc) is 2.73. The molecule has 6 nitrogen and oxygen atoms in total. The van der Waals surface area contributed by atoms with Crippen LogP contribution in [0.2, 0.25) is 0 Å². The fraction of sp³-hybridized carbons (Fsp3) is 0.250. The minimum absolute atomic E-state index is 0.111. The lowest BCUT2D eigenvalue weighted by molar-refractivity contribution is -0.141.